The van der Waals surface area contributed by atoms with E-state index in [1.807, 2.05) is 27.7 Å². The van der Waals surface area contributed by atoms with E-state index in [2.05, 4.69) is 0 Å². The Hall–Kier alpha value is -1.47. The number of nitrogens with zero attached hydrogens (tertiary/aromatic N) is 1. The standard InChI is InChI=1S/C16H19BF3NO2/c1-14(2)15(3,4)23-17(22-14)11-8-10-6-7-21(5)13(10)12(9-11)16(18,19)20/h6-9H,1-5H3. The Morgan fingerprint density at radius 3 is 2.13 bits per heavy atom. The van der Waals surface area contributed by atoms with Crippen LogP contribution in [0.1, 0.15) is 33.3 Å². The Labute approximate surface area is 133 Å². The Balaban J connectivity index is 2.14. The molecule has 1 saturated heterocycles. The van der Waals surface area contributed by atoms with Gasteiger partial charge in [-0.3, -0.25) is 0 Å². The van der Waals surface area contributed by atoms with Crippen molar-refractivity contribution in [3.05, 3.63) is 30.0 Å². The third-order valence-electron chi connectivity index (χ3n) is 4.82. The fraction of sp³-hybridized carbons (Fsp3) is 0.500. The number of hydrogen-bond acceptors (Lipinski definition) is 2. The lowest BCUT2D eigenvalue weighted by Gasteiger charge is -2.32. The average Bonchev–Trinajstić information content (AvgIpc) is 2.86. The lowest BCUT2D eigenvalue weighted by Crippen LogP contribution is -2.41. The molecule has 3 nitrogen and oxygen atoms in total. The van der Waals surface area contributed by atoms with Crippen LogP contribution in [0.4, 0.5) is 13.2 Å². The molecule has 1 aliphatic heterocycles. The topological polar surface area (TPSA) is 23.4 Å². The highest BCUT2D eigenvalue weighted by Crippen LogP contribution is 2.38. The highest BCUT2D eigenvalue weighted by Gasteiger charge is 2.52. The summed E-state index contributed by atoms with van der Waals surface area (Å²) >= 11 is 0. The molecular formula is C16H19BF3NO2. The molecular weight excluding hydrogens is 306 g/mol. The summed E-state index contributed by atoms with van der Waals surface area (Å²) in [5.41, 5.74) is -1.32. The molecule has 0 bridgehead atoms. The summed E-state index contributed by atoms with van der Waals surface area (Å²) in [5, 5.41) is 0.520. The maximum atomic E-state index is 13.5. The normalized spacial score (nSPS) is 20.4. The second kappa shape index (κ2) is 4.77. The number of aryl methyl sites for hydroxylation is 1. The van der Waals surface area contributed by atoms with Gasteiger partial charge in [-0.05, 0) is 50.7 Å². The van der Waals surface area contributed by atoms with Crippen molar-refractivity contribution in [1.82, 2.24) is 4.57 Å². The van der Waals surface area contributed by atoms with Crippen molar-refractivity contribution in [2.24, 2.45) is 7.05 Å². The molecule has 0 amide bonds. The Bertz CT molecular complexity index is 749. The first-order chi connectivity index (χ1) is 10.4. The first-order valence-electron chi connectivity index (χ1n) is 7.44. The van der Waals surface area contributed by atoms with Crippen LogP contribution in [0.15, 0.2) is 24.4 Å². The van der Waals surface area contributed by atoms with E-state index in [0.29, 0.717) is 10.8 Å². The van der Waals surface area contributed by atoms with Crippen LogP contribution in [0.25, 0.3) is 10.9 Å². The molecule has 0 N–H and O–H groups in total. The van der Waals surface area contributed by atoms with Crippen LogP contribution >= 0.6 is 0 Å². The van der Waals surface area contributed by atoms with Crippen LogP contribution in [-0.2, 0) is 22.5 Å². The van der Waals surface area contributed by atoms with E-state index in [0.717, 1.165) is 6.07 Å². The van der Waals surface area contributed by atoms with Gasteiger partial charge < -0.3 is 13.9 Å². The lowest BCUT2D eigenvalue weighted by atomic mass is 9.77. The number of benzene rings is 1. The lowest BCUT2D eigenvalue weighted by molar-refractivity contribution is -0.136. The number of aromatic nitrogens is 1. The van der Waals surface area contributed by atoms with Gasteiger partial charge in [-0.15, -0.1) is 0 Å². The maximum absolute atomic E-state index is 13.5. The van der Waals surface area contributed by atoms with Gasteiger partial charge in [0.2, 0.25) is 0 Å². The van der Waals surface area contributed by atoms with E-state index in [1.165, 1.54) is 4.57 Å². The van der Waals surface area contributed by atoms with Crippen LogP contribution in [-0.4, -0.2) is 22.9 Å². The van der Waals surface area contributed by atoms with Crippen LogP contribution in [0.5, 0.6) is 0 Å². The molecule has 1 aliphatic rings. The molecule has 1 aromatic carbocycles. The molecule has 124 valence electrons. The van der Waals surface area contributed by atoms with Gasteiger partial charge in [-0.1, -0.05) is 6.07 Å². The molecule has 7 heteroatoms. The van der Waals surface area contributed by atoms with Gasteiger partial charge in [0.25, 0.3) is 0 Å². The summed E-state index contributed by atoms with van der Waals surface area (Å²) in [6.07, 6.45) is -2.82. The first kappa shape index (κ1) is 16.4. The van der Waals surface area contributed by atoms with Gasteiger partial charge in [-0.2, -0.15) is 13.2 Å². The quantitative estimate of drug-likeness (QED) is 0.749. The third-order valence-corrected chi connectivity index (χ3v) is 4.82. The van der Waals surface area contributed by atoms with Gasteiger partial charge in [0.15, 0.2) is 0 Å². The molecule has 3 rings (SSSR count). The fourth-order valence-electron chi connectivity index (χ4n) is 2.80. The minimum absolute atomic E-state index is 0.165. The highest BCUT2D eigenvalue weighted by molar-refractivity contribution is 6.62. The summed E-state index contributed by atoms with van der Waals surface area (Å²) in [7, 11) is 0.789. The van der Waals surface area contributed by atoms with Crippen molar-refractivity contribution < 1.29 is 22.5 Å². The maximum Gasteiger partial charge on any atom is 0.494 e. The Kier molecular flexibility index (Phi) is 3.40. The summed E-state index contributed by atoms with van der Waals surface area (Å²) in [6.45, 7) is 7.49. The van der Waals surface area contributed by atoms with E-state index in [-0.39, 0.29) is 5.52 Å². The molecule has 23 heavy (non-hydrogen) atoms. The van der Waals surface area contributed by atoms with E-state index >= 15 is 0 Å². The van der Waals surface area contributed by atoms with Crippen LogP contribution in [0.3, 0.4) is 0 Å². The largest absolute Gasteiger partial charge is 0.494 e. The summed E-state index contributed by atoms with van der Waals surface area (Å²) < 4.78 is 53.6. The summed E-state index contributed by atoms with van der Waals surface area (Å²) in [6, 6.07) is 4.50. The second-order valence-corrected chi connectivity index (χ2v) is 7.02. The van der Waals surface area contributed by atoms with Crippen molar-refractivity contribution >= 4 is 23.5 Å². The summed E-state index contributed by atoms with van der Waals surface area (Å²) in [5.74, 6) is 0. The Morgan fingerprint density at radius 1 is 1.04 bits per heavy atom. The monoisotopic (exact) mass is 325 g/mol. The van der Waals surface area contributed by atoms with Gasteiger partial charge in [0.1, 0.15) is 0 Å². The minimum atomic E-state index is -4.44. The zero-order valence-corrected chi connectivity index (χ0v) is 13.8. The van der Waals surface area contributed by atoms with Crippen molar-refractivity contribution in [1.29, 1.82) is 0 Å². The Morgan fingerprint density at radius 2 is 1.61 bits per heavy atom. The smallest absolute Gasteiger partial charge is 0.399 e. The molecule has 2 heterocycles. The van der Waals surface area contributed by atoms with Crippen molar-refractivity contribution in [2.45, 2.75) is 45.1 Å². The fourth-order valence-corrected chi connectivity index (χ4v) is 2.80. The number of hydrogen-bond donors (Lipinski definition) is 0. The predicted octanol–water partition coefficient (Wildman–Crippen LogP) is 3.50. The molecule has 1 fully saturated rings. The highest BCUT2D eigenvalue weighted by atomic mass is 19.4. The van der Waals surface area contributed by atoms with E-state index < -0.39 is 30.1 Å². The van der Waals surface area contributed by atoms with Crippen LogP contribution in [0.2, 0.25) is 0 Å². The zero-order chi connectivity index (χ0) is 17.2. The average molecular weight is 325 g/mol. The third kappa shape index (κ3) is 2.56. The number of fused-ring (bicyclic) bond motifs is 1. The van der Waals surface area contributed by atoms with Crippen molar-refractivity contribution in [3.8, 4) is 0 Å². The van der Waals surface area contributed by atoms with E-state index in [1.54, 1.807) is 25.4 Å². The zero-order valence-electron chi connectivity index (χ0n) is 13.8. The first-order valence-corrected chi connectivity index (χ1v) is 7.44. The predicted molar refractivity (Wildman–Crippen MR) is 83.6 cm³/mol. The summed E-state index contributed by atoms with van der Waals surface area (Å²) in [4.78, 5) is 0. The molecule has 2 aromatic rings. The molecule has 0 saturated carbocycles. The van der Waals surface area contributed by atoms with Crippen LogP contribution in [0, 0.1) is 0 Å². The number of alkyl halides is 3. The molecule has 0 radical (unpaired) electrons. The number of halogens is 3. The van der Waals surface area contributed by atoms with Gasteiger partial charge >= 0.3 is 13.3 Å². The van der Waals surface area contributed by atoms with Gasteiger partial charge in [-0.25, -0.2) is 0 Å². The van der Waals surface area contributed by atoms with E-state index in [4.69, 9.17) is 9.31 Å². The minimum Gasteiger partial charge on any atom is -0.399 e. The van der Waals surface area contributed by atoms with Crippen molar-refractivity contribution in [2.75, 3.05) is 0 Å². The molecule has 0 atom stereocenters. The van der Waals surface area contributed by atoms with Crippen LogP contribution < -0.4 is 5.46 Å². The van der Waals surface area contributed by atoms with Gasteiger partial charge in [0, 0.05) is 13.2 Å². The number of rotatable bonds is 1. The van der Waals surface area contributed by atoms with Crippen molar-refractivity contribution in [3.63, 3.8) is 0 Å². The molecule has 1 aromatic heterocycles. The second-order valence-electron chi connectivity index (χ2n) is 7.02. The molecule has 0 aliphatic carbocycles. The molecule has 0 spiro atoms. The van der Waals surface area contributed by atoms with Gasteiger partial charge in [0.05, 0.1) is 22.3 Å². The van der Waals surface area contributed by atoms with E-state index in [9.17, 15) is 13.2 Å². The SMILES string of the molecule is Cn1ccc2cc(B3OC(C)(C)C(C)(C)O3)cc(C(F)(F)F)c21. The molecule has 0 unspecified atom stereocenters.